The summed E-state index contributed by atoms with van der Waals surface area (Å²) in [6.07, 6.45) is -0.110. The van der Waals surface area contributed by atoms with Crippen molar-refractivity contribution in [3.63, 3.8) is 0 Å². The third-order valence-corrected chi connectivity index (χ3v) is 3.30. The van der Waals surface area contributed by atoms with Gasteiger partial charge < -0.3 is 15.3 Å². The maximum Gasteiger partial charge on any atom is 0.308 e. The lowest BCUT2D eigenvalue weighted by Gasteiger charge is -2.15. The Labute approximate surface area is 120 Å². The Morgan fingerprint density at radius 3 is 2.76 bits per heavy atom. The predicted molar refractivity (Wildman–Crippen MR) is 72.1 cm³/mol. The number of aryl methyl sites for hydroxylation is 1. The zero-order chi connectivity index (χ0) is 15.6. The maximum absolute atomic E-state index is 13.6. The Hall–Kier alpha value is -2.44. The van der Waals surface area contributed by atoms with Crippen molar-refractivity contribution in [1.82, 2.24) is 4.90 Å². The molecule has 2 rings (SSSR count). The van der Waals surface area contributed by atoms with Crippen LogP contribution in [0.25, 0.3) is 0 Å². The Morgan fingerprint density at radius 1 is 1.48 bits per heavy atom. The number of hydrogen-bond donors (Lipinski definition) is 2. The number of carboxylic acids is 1. The maximum atomic E-state index is 13.6. The number of hydrogen-bond acceptors (Lipinski definition) is 3. The minimum Gasteiger partial charge on any atom is -0.481 e. The summed E-state index contributed by atoms with van der Waals surface area (Å²) in [6.45, 7) is 1.44. The van der Waals surface area contributed by atoms with E-state index < -0.39 is 23.6 Å². The first-order chi connectivity index (χ1) is 9.86. The number of aliphatic carboxylic acids is 1. The van der Waals surface area contributed by atoms with E-state index >= 15 is 0 Å². The standard InChI is InChI=1S/C14H15FN2O4/c1-8-2-3-11(10(15)4-8)16-12(18)7-17-6-9(14(20)21)5-13(17)19/h2-4,9H,5-7H2,1H3,(H,16,18)(H,20,21)/t9-/m0/s1. The van der Waals surface area contributed by atoms with Crippen LogP contribution in [0.4, 0.5) is 10.1 Å². The highest BCUT2D eigenvalue weighted by Gasteiger charge is 2.35. The number of nitrogens with zero attached hydrogens (tertiary/aromatic N) is 1. The van der Waals surface area contributed by atoms with Gasteiger partial charge in [0.15, 0.2) is 0 Å². The van der Waals surface area contributed by atoms with Gasteiger partial charge in [-0.1, -0.05) is 6.07 Å². The fourth-order valence-corrected chi connectivity index (χ4v) is 2.18. The van der Waals surface area contributed by atoms with E-state index in [0.29, 0.717) is 0 Å². The number of likely N-dealkylation sites (tertiary alicyclic amines) is 1. The van der Waals surface area contributed by atoms with Gasteiger partial charge in [0.05, 0.1) is 18.2 Å². The minimum absolute atomic E-state index is 0.00202. The SMILES string of the molecule is Cc1ccc(NC(=O)CN2C[C@@H](C(=O)O)CC2=O)c(F)c1. The lowest BCUT2D eigenvalue weighted by atomic mass is 10.1. The molecule has 6 nitrogen and oxygen atoms in total. The molecule has 1 saturated heterocycles. The fraction of sp³-hybridized carbons (Fsp3) is 0.357. The first-order valence-electron chi connectivity index (χ1n) is 6.43. The Balaban J connectivity index is 1.96. The van der Waals surface area contributed by atoms with E-state index in [1.54, 1.807) is 13.0 Å². The van der Waals surface area contributed by atoms with Crippen LogP contribution in [0.1, 0.15) is 12.0 Å². The van der Waals surface area contributed by atoms with Gasteiger partial charge >= 0.3 is 5.97 Å². The van der Waals surface area contributed by atoms with E-state index in [-0.39, 0.29) is 31.1 Å². The molecule has 1 aromatic rings. The van der Waals surface area contributed by atoms with Crippen molar-refractivity contribution in [2.75, 3.05) is 18.4 Å². The topological polar surface area (TPSA) is 86.7 Å². The molecule has 0 saturated carbocycles. The minimum atomic E-state index is -1.06. The van der Waals surface area contributed by atoms with Gasteiger partial charge in [-0.25, -0.2) is 4.39 Å². The van der Waals surface area contributed by atoms with Crippen LogP contribution in [0.15, 0.2) is 18.2 Å². The second-order valence-corrected chi connectivity index (χ2v) is 5.05. The van der Waals surface area contributed by atoms with Crippen LogP contribution in [0.2, 0.25) is 0 Å². The number of nitrogens with one attached hydrogen (secondary N) is 1. The normalized spacial score (nSPS) is 17.9. The summed E-state index contributed by atoms with van der Waals surface area (Å²) >= 11 is 0. The van der Waals surface area contributed by atoms with Crippen molar-refractivity contribution < 1.29 is 23.9 Å². The first-order valence-corrected chi connectivity index (χ1v) is 6.43. The highest BCUT2D eigenvalue weighted by atomic mass is 19.1. The number of benzene rings is 1. The highest BCUT2D eigenvalue weighted by molar-refractivity contribution is 5.96. The van der Waals surface area contributed by atoms with Crippen LogP contribution in [-0.2, 0) is 14.4 Å². The average molecular weight is 294 g/mol. The average Bonchev–Trinajstić information content (AvgIpc) is 2.75. The van der Waals surface area contributed by atoms with Gasteiger partial charge in [0.1, 0.15) is 5.82 Å². The molecule has 0 spiro atoms. The Kier molecular flexibility index (Phi) is 4.21. The molecule has 0 radical (unpaired) electrons. The third kappa shape index (κ3) is 3.56. The van der Waals surface area contributed by atoms with Gasteiger partial charge in [0.2, 0.25) is 11.8 Å². The number of carbonyl (C=O) groups is 3. The summed E-state index contributed by atoms with van der Waals surface area (Å²) in [5.74, 6) is -3.35. The Morgan fingerprint density at radius 2 is 2.19 bits per heavy atom. The summed E-state index contributed by atoms with van der Waals surface area (Å²) in [5, 5.41) is 11.2. The first kappa shape index (κ1) is 15.0. The zero-order valence-corrected chi connectivity index (χ0v) is 11.4. The molecule has 2 amide bonds. The monoisotopic (exact) mass is 294 g/mol. The van der Waals surface area contributed by atoms with E-state index in [0.717, 1.165) is 5.56 Å². The van der Waals surface area contributed by atoms with Gasteiger partial charge in [0, 0.05) is 13.0 Å². The van der Waals surface area contributed by atoms with E-state index in [2.05, 4.69) is 5.32 Å². The lowest BCUT2D eigenvalue weighted by Crippen LogP contribution is -2.35. The van der Waals surface area contributed by atoms with Crippen LogP contribution in [0, 0.1) is 18.7 Å². The second kappa shape index (κ2) is 5.90. The molecule has 2 N–H and O–H groups in total. The van der Waals surface area contributed by atoms with Crippen molar-refractivity contribution in [2.24, 2.45) is 5.92 Å². The summed E-state index contributed by atoms with van der Waals surface area (Å²) in [4.78, 5) is 35.4. The molecule has 0 aromatic heterocycles. The van der Waals surface area contributed by atoms with Gasteiger partial charge in [-0.15, -0.1) is 0 Å². The van der Waals surface area contributed by atoms with Crippen molar-refractivity contribution in [3.05, 3.63) is 29.6 Å². The molecule has 1 fully saturated rings. The number of halogens is 1. The number of carboxylic acid groups (broad SMARTS) is 1. The highest BCUT2D eigenvalue weighted by Crippen LogP contribution is 2.19. The summed E-state index contributed by atoms with van der Waals surface area (Å²) in [7, 11) is 0. The summed E-state index contributed by atoms with van der Waals surface area (Å²) in [6, 6.07) is 4.38. The summed E-state index contributed by atoms with van der Waals surface area (Å²) in [5.41, 5.74) is 0.761. The van der Waals surface area contributed by atoms with Crippen molar-refractivity contribution in [2.45, 2.75) is 13.3 Å². The zero-order valence-electron chi connectivity index (χ0n) is 11.4. The van der Waals surface area contributed by atoms with Gasteiger partial charge in [-0.05, 0) is 24.6 Å². The molecule has 7 heteroatoms. The molecule has 1 atom stereocenters. The fourth-order valence-electron chi connectivity index (χ4n) is 2.18. The van der Waals surface area contributed by atoms with Gasteiger partial charge in [-0.3, -0.25) is 14.4 Å². The van der Waals surface area contributed by atoms with Crippen molar-refractivity contribution in [3.8, 4) is 0 Å². The molecule has 0 unspecified atom stereocenters. The molecule has 0 aliphatic carbocycles. The quantitative estimate of drug-likeness (QED) is 0.867. The number of carbonyl (C=O) groups excluding carboxylic acids is 2. The van der Waals surface area contributed by atoms with E-state index in [1.807, 2.05) is 0 Å². The molecule has 1 heterocycles. The van der Waals surface area contributed by atoms with Gasteiger partial charge in [-0.2, -0.15) is 0 Å². The molecule has 21 heavy (non-hydrogen) atoms. The largest absolute Gasteiger partial charge is 0.481 e. The van der Waals surface area contributed by atoms with Crippen LogP contribution < -0.4 is 5.32 Å². The van der Waals surface area contributed by atoms with E-state index in [9.17, 15) is 18.8 Å². The van der Waals surface area contributed by atoms with Crippen LogP contribution in [0.3, 0.4) is 0 Å². The number of rotatable bonds is 4. The smallest absolute Gasteiger partial charge is 0.308 e. The van der Waals surface area contributed by atoms with E-state index in [1.165, 1.54) is 17.0 Å². The third-order valence-electron chi connectivity index (χ3n) is 3.30. The molecule has 112 valence electrons. The number of amides is 2. The lowest BCUT2D eigenvalue weighted by molar-refractivity contribution is -0.141. The second-order valence-electron chi connectivity index (χ2n) is 5.05. The molecule has 1 aromatic carbocycles. The molecule has 1 aliphatic heterocycles. The molecular formula is C14H15FN2O4. The Bertz CT molecular complexity index is 603. The molecular weight excluding hydrogens is 279 g/mol. The summed E-state index contributed by atoms with van der Waals surface area (Å²) < 4.78 is 13.6. The number of anilines is 1. The van der Waals surface area contributed by atoms with E-state index in [4.69, 9.17) is 5.11 Å². The molecule has 0 bridgehead atoms. The van der Waals surface area contributed by atoms with Gasteiger partial charge in [0.25, 0.3) is 0 Å². The van der Waals surface area contributed by atoms with Crippen molar-refractivity contribution in [1.29, 1.82) is 0 Å². The van der Waals surface area contributed by atoms with Crippen LogP contribution >= 0.6 is 0 Å². The van der Waals surface area contributed by atoms with Crippen LogP contribution in [-0.4, -0.2) is 40.9 Å². The molecule has 1 aliphatic rings. The van der Waals surface area contributed by atoms with Crippen molar-refractivity contribution >= 4 is 23.5 Å². The predicted octanol–water partition coefficient (Wildman–Crippen LogP) is 1.01. The van der Waals surface area contributed by atoms with Crippen LogP contribution in [0.5, 0.6) is 0 Å².